The molecule has 0 saturated heterocycles. The Bertz CT molecular complexity index is 180. The van der Waals surface area contributed by atoms with Crippen LogP contribution in [0.1, 0.15) is 90.9 Å². The Hall–Kier alpha value is -0.530. The SMILES string of the molecule is C[CH]NC(=O)CCCCCCCCCCCCC. The number of nitrogens with one attached hydrogen (secondary N) is 1. The highest BCUT2D eigenvalue weighted by Crippen LogP contribution is 2.11. The minimum absolute atomic E-state index is 0.161. The van der Waals surface area contributed by atoms with Gasteiger partial charge in [-0.05, 0) is 13.3 Å². The van der Waals surface area contributed by atoms with E-state index < -0.39 is 0 Å². The minimum Gasteiger partial charge on any atom is -0.352 e. The largest absolute Gasteiger partial charge is 0.352 e. The molecule has 2 heteroatoms. The van der Waals surface area contributed by atoms with Crippen LogP contribution in [0.2, 0.25) is 0 Å². The number of carbonyl (C=O) groups excluding carboxylic acids is 1. The molecule has 18 heavy (non-hydrogen) atoms. The summed E-state index contributed by atoms with van der Waals surface area (Å²) in [4.78, 5) is 11.2. The van der Waals surface area contributed by atoms with E-state index in [1.807, 2.05) is 6.92 Å². The normalized spacial score (nSPS) is 10.6. The molecular weight excluding hydrogens is 222 g/mol. The molecule has 0 aliphatic rings. The summed E-state index contributed by atoms with van der Waals surface area (Å²) < 4.78 is 0. The fourth-order valence-corrected chi connectivity index (χ4v) is 2.18. The van der Waals surface area contributed by atoms with Crippen molar-refractivity contribution in [3.63, 3.8) is 0 Å². The van der Waals surface area contributed by atoms with Crippen LogP contribution in [0.15, 0.2) is 0 Å². The number of hydrogen-bond acceptors (Lipinski definition) is 1. The van der Waals surface area contributed by atoms with Crippen LogP contribution >= 0.6 is 0 Å². The second-order valence-corrected chi connectivity index (χ2v) is 5.14. The van der Waals surface area contributed by atoms with Gasteiger partial charge in [-0.2, -0.15) is 0 Å². The first kappa shape index (κ1) is 17.5. The van der Waals surface area contributed by atoms with Crippen LogP contribution < -0.4 is 5.32 Å². The molecule has 0 fully saturated rings. The molecule has 107 valence electrons. The van der Waals surface area contributed by atoms with Crippen molar-refractivity contribution >= 4 is 5.91 Å². The molecular formula is C16H32NO. The second kappa shape index (κ2) is 14.5. The summed E-state index contributed by atoms with van der Waals surface area (Å²) in [6.07, 6.45) is 15.3. The lowest BCUT2D eigenvalue weighted by atomic mass is 10.1. The van der Waals surface area contributed by atoms with Gasteiger partial charge < -0.3 is 5.32 Å². The Morgan fingerprint density at radius 1 is 0.833 bits per heavy atom. The Balaban J connectivity index is 3.01. The van der Waals surface area contributed by atoms with E-state index in [0.717, 1.165) is 6.42 Å². The average Bonchev–Trinajstić information content (AvgIpc) is 2.36. The maximum Gasteiger partial charge on any atom is 0.220 e. The first-order chi connectivity index (χ1) is 8.81. The smallest absolute Gasteiger partial charge is 0.220 e. The van der Waals surface area contributed by atoms with E-state index in [0.29, 0.717) is 6.42 Å². The highest BCUT2D eigenvalue weighted by atomic mass is 16.1. The van der Waals surface area contributed by atoms with Crippen molar-refractivity contribution in [2.75, 3.05) is 0 Å². The van der Waals surface area contributed by atoms with Crippen LogP contribution in [-0.2, 0) is 4.79 Å². The zero-order valence-electron chi connectivity index (χ0n) is 12.5. The van der Waals surface area contributed by atoms with Crippen molar-refractivity contribution in [2.45, 2.75) is 90.9 Å². The molecule has 0 rings (SSSR count). The van der Waals surface area contributed by atoms with Gasteiger partial charge in [-0.3, -0.25) is 4.79 Å². The second-order valence-electron chi connectivity index (χ2n) is 5.14. The van der Waals surface area contributed by atoms with Gasteiger partial charge >= 0.3 is 0 Å². The molecule has 1 amide bonds. The van der Waals surface area contributed by atoms with E-state index in [9.17, 15) is 4.79 Å². The van der Waals surface area contributed by atoms with Crippen molar-refractivity contribution in [3.8, 4) is 0 Å². The molecule has 0 unspecified atom stereocenters. The maximum atomic E-state index is 11.2. The molecule has 0 aliphatic carbocycles. The lowest BCUT2D eigenvalue weighted by Gasteiger charge is -2.03. The summed E-state index contributed by atoms with van der Waals surface area (Å²) in [5.41, 5.74) is 0. The Labute approximate surface area is 114 Å². The zero-order valence-corrected chi connectivity index (χ0v) is 12.5. The van der Waals surface area contributed by atoms with Gasteiger partial charge in [0.15, 0.2) is 0 Å². The summed E-state index contributed by atoms with van der Waals surface area (Å²) in [6, 6.07) is 0. The third-order valence-electron chi connectivity index (χ3n) is 3.31. The highest BCUT2D eigenvalue weighted by molar-refractivity contribution is 5.76. The molecule has 0 spiro atoms. The van der Waals surface area contributed by atoms with E-state index in [1.165, 1.54) is 64.2 Å². The zero-order chi connectivity index (χ0) is 13.5. The first-order valence-corrected chi connectivity index (χ1v) is 7.88. The van der Waals surface area contributed by atoms with Gasteiger partial charge in [0, 0.05) is 13.0 Å². The van der Waals surface area contributed by atoms with Crippen LogP contribution in [0.25, 0.3) is 0 Å². The van der Waals surface area contributed by atoms with Crippen LogP contribution in [0.4, 0.5) is 0 Å². The number of amides is 1. The molecule has 1 N–H and O–H groups in total. The topological polar surface area (TPSA) is 29.1 Å². The van der Waals surface area contributed by atoms with Gasteiger partial charge in [-0.15, -0.1) is 0 Å². The average molecular weight is 254 g/mol. The maximum absolute atomic E-state index is 11.2. The van der Waals surface area contributed by atoms with Crippen LogP contribution in [-0.4, -0.2) is 5.91 Å². The summed E-state index contributed by atoms with van der Waals surface area (Å²) in [5.74, 6) is 0.161. The standard InChI is InChI=1S/C16H32NO/c1-3-5-6-7-8-9-10-11-12-13-14-15-16(18)17-4-2/h4H,3,5-15H2,1-2H3,(H,17,18). The molecule has 0 aromatic rings. The predicted octanol–water partition coefficient (Wildman–Crippen LogP) is 4.99. The van der Waals surface area contributed by atoms with Gasteiger partial charge in [0.05, 0.1) is 0 Å². The van der Waals surface area contributed by atoms with E-state index >= 15 is 0 Å². The van der Waals surface area contributed by atoms with Crippen LogP contribution in [0.3, 0.4) is 0 Å². The predicted molar refractivity (Wildman–Crippen MR) is 79.2 cm³/mol. The molecule has 1 radical (unpaired) electrons. The van der Waals surface area contributed by atoms with Gasteiger partial charge in [0.1, 0.15) is 0 Å². The lowest BCUT2D eigenvalue weighted by Crippen LogP contribution is -2.18. The van der Waals surface area contributed by atoms with Gasteiger partial charge in [0.25, 0.3) is 0 Å². The van der Waals surface area contributed by atoms with Crippen molar-refractivity contribution in [1.82, 2.24) is 5.32 Å². The van der Waals surface area contributed by atoms with E-state index in [4.69, 9.17) is 0 Å². The molecule has 0 saturated carbocycles. The van der Waals surface area contributed by atoms with Crippen molar-refractivity contribution in [2.24, 2.45) is 0 Å². The van der Waals surface area contributed by atoms with Gasteiger partial charge in [-0.25, -0.2) is 0 Å². The number of unbranched alkanes of at least 4 members (excludes halogenated alkanes) is 10. The molecule has 0 atom stereocenters. The summed E-state index contributed by atoms with van der Waals surface area (Å²) in [7, 11) is 0. The summed E-state index contributed by atoms with van der Waals surface area (Å²) in [5, 5.41) is 2.72. The summed E-state index contributed by atoms with van der Waals surface area (Å²) >= 11 is 0. The van der Waals surface area contributed by atoms with E-state index in [2.05, 4.69) is 12.2 Å². The van der Waals surface area contributed by atoms with Gasteiger partial charge in [-0.1, -0.05) is 71.1 Å². The minimum atomic E-state index is 0.161. The summed E-state index contributed by atoms with van der Waals surface area (Å²) in [6.45, 7) is 5.82. The lowest BCUT2D eigenvalue weighted by molar-refractivity contribution is -0.120. The molecule has 0 bridgehead atoms. The highest BCUT2D eigenvalue weighted by Gasteiger charge is 1.98. The molecule has 0 heterocycles. The Morgan fingerprint density at radius 2 is 1.28 bits per heavy atom. The van der Waals surface area contributed by atoms with E-state index in [1.54, 1.807) is 6.54 Å². The quantitative estimate of drug-likeness (QED) is 0.461. The molecule has 0 aromatic heterocycles. The third-order valence-corrected chi connectivity index (χ3v) is 3.31. The Morgan fingerprint density at radius 3 is 1.72 bits per heavy atom. The molecule has 0 aliphatic heterocycles. The number of rotatable bonds is 13. The van der Waals surface area contributed by atoms with Crippen molar-refractivity contribution in [3.05, 3.63) is 6.54 Å². The third kappa shape index (κ3) is 13.5. The fourth-order valence-electron chi connectivity index (χ4n) is 2.18. The van der Waals surface area contributed by atoms with Gasteiger partial charge in [0.2, 0.25) is 5.91 Å². The monoisotopic (exact) mass is 254 g/mol. The van der Waals surface area contributed by atoms with Crippen LogP contribution in [0.5, 0.6) is 0 Å². The number of carbonyl (C=O) groups is 1. The van der Waals surface area contributed by atoms with Crippen molar-refractivity contribution < 1.29 is 4.79 Å². The Kier molecular flexibility index (Phi) is 14.1. The van der Waals surface area contributed by atoms with Crippen LogP contribution in [0, 0.1) is 6.54 Å². The fraction of sp³-hybridized carbons (Fsp3) is 0.875. The van der Waals surface area contributed by atoms with E-state index in [-0.39, 0.29) is 5.91 Å². The van der Waals surface area contributed by atoms with Crippen molar-refractivity contribution in [1.29, 1.82) is 0 Å². The first-order valence-electron chi connectivity index (χ1n) is 7.88. The number of hydrogen-bond donors (Lipinski definition) is 1. The molecule has 2 nitrogen and oxygen atoms in total. The molecule has 0 aromatic carbocycles.